The summed E-state index contributed by atoms with van der Waals surface area (Å²) < 4.78 is 6.71. The van der Waals surface area contributed by atoms with Crippen LogP contribution in [0.2, 0.25) is 5.02 Å². The lowest BCUT2D eigenvalue weighted by atomic mass is 10.2. The summed E-state index contributed by atoms with van der Waals surface area (Å²) in [6, 6.07) is 10.3. The van der Waals surface area contributed by atoms with Gasteiger partial charge in [-0.15, -0.1) is 11.3 Å². The van der Waals surface area contributed by atoms with Crippen molar-refractivity contribution in [3.63, 3.8) is 0 Å². The van der Waals surface area contributed by atoms with Gasteiger partial charge in [-0.1, -0.05) is 24.6 Å². The van der Waals surface area contributed by atoms with E-state index in [1.165, 1.54) is 29.2 Å². The molecule has 0 saturated carbocycles. The van der Waals surface area contributed by atoms with Crippen molar-refractivity contribution in [2.24, 2.45) is 0 Å². The van der Waals surface area contributed by atoms with Gasteiger partial charge < -0.3 is 10.1 Å². The summed E-state index contributed by atoms with van der Waals surface area (Å²) in [7, 11) is 1.48. The van der Waals surface area contributed by atoms with E-state index in [0.29, 0.717) is 40.0 Å². The number of amides is 1. The van der Waals surface area contributed by atoms with Gasteiger partial charge in [0.05, 0.1) is 17.6 Å². The van der Waals surface area contributed by atoms with Crippen molar-refractivity contribution < 1.29 is 9.53 Å². The lowest BCUT2D eigenvalue weighted by Gasteiger charge is -2.11. The minimum atomic E-state index is -0.438. The molecule has 0 aliphatic rings. The first-order valence-electron chi connectivity index (χ1n) is 9.80. The van der Waals surface area contributed by atoms with Gasteiger partial charge in [0.2, 0.25) is 5.95 Å². The number of thiophene rings is 1. The van der Waals surface area contributed by atoms with Crippen LogP contribution in [0.4, 0.5) is 5.82 Å². The molecule has 4 rings (SSSR count). The van der Waals surface area contributed by atoms with Gasteiger partial charge in [-0.25, -0.2) is 4.98 Å². The second-order valence-corrected chi connectivity index (χ2v) is 8.29. The summed E-state index contributed by atoms with van der Waals surface area (Å²) in [5.74, 6) is 0.492. The average molecular weight is 470 g/mol. The Morgan fingerprint density at radius 3 is 2.78 bits per heavy atom. The molecule has 10 heteroatoms. The molecule has 4 aromatic rings. The van der Waals surface area contributed by atoms with Gasteiger partial charge in [0.25, 0.3) is 11.5 Å². The van der Waals surface area contributed by atoms with Crippen LogP contribution in [0.5, 0.6) is 5.75 Å². The van der Waals surface area contributed by atoms with Crippen LogP contribution >= 0.6 is 22.9 Å². The molecule has 0 aliphatic carbocycles. The fourth-order valence-corrected chi connectivity index (χ4v) is 4.18. The van der Waals surface area contributed by atoms with E-state index in [4.69, 9.17) is 16.3 Å². The van der Waals surface area contributed by atoms with Crippen molar-refractivity contribution in [1.29, 1.82) is 0 Å². The summed E-state index contributed by atoms with van der Waals surface area (Å²) in [6.45, 7) is 3.67. The molecule has 2 N–H and O–H groups in total. The molecule has 8 nitrogen and oxygen atoms in total. The Morgan fingerprint density at radius 2 is 2.12 bits per heavy atom. The number of anilines is 1. The molecule has 0 fully saturated rings. The first kappa shape index (κ1) is 21.8. The van der Waals surface area contributed by atoms with Crippen molar-refractivity contribution in [3.05, 3.63) is 74.0 Å². The lowest BCUT2D eigenvalue weighted by Crippen LogP contribution is -2.22. The van der Waals surface area contributed by atoms with Gasteiger partial charge >= 0.3 is 0 Å². The fraction of sp³-hybridized carbons (Fsp3) is 0.182. The molecule has 0 unspecified atom stereocenters. The van der Waals surface area contributed by atoms with Crippen LogP contribution in [0.1, 0.15) is 28.5 Å². The second-order valence-electron chi connectivity index (χ2n) is 6.91. The van der Waals surface area contributed by atoms with Crippen LogP contribution in [0, 0.1) is 6.92 Å². The number of hydrogen-bond donors (Lipinski definition) is 2. The van der Waals surface area contributed by atoms with E-state index in [0.717, 1.165) is 4.88 Å². The number of halogens is 1. The molecule has 0 saturated heterocycles. The summed E-state index contributed by atoms with van der Waals surface area (Å²) in [5.41, 5.74) is 1.87. The van der Waals surface area contributed by atoms with E-state index in [9.17, 15) is 9.59 Å². The molecule has 0 aliphatic heterocycles. The number of hydrogen-bond acceptors (Lipinski definition) is 6. The summed E-state index contributed by atoms with van der Waals surface area (Å²) in [4.78, 5) is 33.8. The van der Waals surface area contributed by atoms with E-state index < -0.39 is 5.91 Å². The number of aryl methyl sites for hydroxylation is 1. The average Bonchev–Trinajstić information content (AvgIpc) is 3.43. The van der Waals surface area contributed by atoms with Gasteiger partial charge in [-0.05, 0) is 43.0 Å². The van der Waals surface area contributed by atoms with Gasteiger partial charge in [0.1, 0.15) is 17.3 Å². The minimum Gasteiger partial charge on any atom is -0.496 e. The van der Waals surface area contributed by atoms with E-state index in [1.807, 2.05) is 24.4 Å². The van der Waals surface area contributed by atoms with Gasteiger partial charge in [-0.3, -0.25) is 14.6 Å². The highest BCUT2D eigenvalue weighted by molar-refractivity contribution is 7.13. The van der Waals surface area contributed by atoms with Gasteiger partial charge in [0.15, 0.2) is 0 Å². The Balaban J connectivity index is 1.81. The number of carbonyl (C=O) groups is 1. The molecule has 0 spiro atoms. The molecule has 0 atom stereocenters. The Morgan fingerprint density at radius 1 is 1.31 bits per heavy atom. The number of nitrogens with one attached hydrogen (secondary N) is 2. The third-order valence-electron chi connectivity index (χ3n) is 4.89. The highest BCUT2D eigenvalue weighted by Gasteiger charge is 2.20. The first-order valence-corrected chi connectivity index (χ1v) is 11.1. The smallest absolute Gasteiger partial charge is 0.260 e. The lowest BCUT2D eigenvalue weighted by molar-refractivity contribution is 0.102. The molecule has 3 heterocycles. The highest BCUT2D eigenvalue weighted by atomic mass is 35.5. The van der Waals surface area contributed by atoms with Crippen molar-refractivity contribution in [2.45, 2.75) is 20.3 Å². The third kappa shape index (κ3) is 4.17. The Kier molecular flexibility index (Phi) is 6.11. The largest absolute Gasteiger partial charge is 0.496 e. The topological polar surface area (TPSA) is 102 Å². The minimum absolute atomic E-state index is 0.209. The van der Waals surface area contributed by atoms with Crippen molar-refractivity contribution in [3.8, 4) is 22.3 Å². The quantitative estimate of drug-likeness (QED) is 0.433. The van der Waals surface area contributed by atoms with Crippen molar-refractivity contribution in [1.82, 2.24) is 19.7 Å². The van der Waals surface area contributed by atoms with Crippen LogP contribution in [-0.4, -0.2) is 32.8 Å². The predicted octanol–water partition coefficient (Wildman–Crippen LogP) is 4.47. The normalized spacial score (nSPS) is 10.9. The first-order chi connectivity index (χ1) is 15.4. The van der Waals surface area contributed by atoms with Crippen LogP contribution in [0.15, 0.2) is 46.6 Å². The Labute approximate surface area is 192 Å². The molecule has 0 bridgehead atoms. The number of aromatic amines is 1. The zero-order valence-corrected chi connectivity index (χ0v) is 19.2. The summed E-state index contributed by atoms with van der Waals surface area (Å²) in [5, 5.41) is 9.77. The van der Waals surface area contributed by atoms with Crippen LogP contribution in [0.25, 0.3) is 16.5 Å². The number of carbonyl (C=O) groups excluding carboxylic acids is 1. The molecule has 164 valence electrons. The SMILES string of the molecule is CCc1c(C)nc(-n2nc(-c3cccs3)cc2NC(=O)c2cc(Cl)ccc2OC)[nH]c1=O. The molecule has 32 heavy (non-hydrogen) atoms. The standard InChI is InChI=1S/C22H20ClN5O3S/c1-4-14-12(2)24-22(26-20(14)29)28-19(11-16(27-28)18-6-5-9-32-18)25-21(30)15-10-13(23)7-8-17(15)31-3/h5-11H,4H2,1-3H3,(H,25,30)(H,24,26,29). The number of nitrogens with zero attached hydrogens (tertiary/aromatic N) is 3. The number of ether oxygens (including phenoxy) is 1. The molecule has 3 aromatic heterocycles. The third-order valence-corrected chi connectivity index (χ3v) is 6.02. The molecular formula is C22H20ClN5O3S. The molecular weight excluding hydrogens is 450 g/mol. The Bertz CT molecular complexity index is 1340. The van der Waals surface area contributed by atoms with Crippen LogP contribution in [-0.2, 0) is 6.42 Å². The van der Waals surface area contributed by atoms with E-state index in [-0.39, 0.29) is 17.1 Å². The maximum Gasteiger partial charge on any atom is 0.260 e. The number of methoxy groups -OCH3 is 1. The van der Waals surface area contributed by atoms with Gasteiger partial charge in [0, 0.05) is 22.3 Å². The van der Waals surface area contributed by atoms with E-state index in [1.54, 1.807) is 25.1 Å². The molecule has 1 amide bonds. The summed E-state index contributed by atoms with van der Waals surface area (Å²) in [6.07, 6.45) is 0.562. The van der Waals surface area contributed by atoms with Crippen molar-refractivity contribution >= 4 is 34.7 Å². The van der Waals surface area contributed by atoms with Gasteiger partial charge in [-0.2, -0.15) is 9.78 Å². The highest BCUT2D eigenvalue weighted by Crippen LogP contribution is 2.29. The zero-order valence-electron chi connectivity index (χ0n) is 17.6. The number of H-pyrrole nitrogens is 1. The maximum absolute atomic E-state index is 13.1. The second kappa shape index (κ2) is 8.97. The maximum atomic E-state index is 13.1. The number of rotatable bonds is 6. The number of aromatic nitrogens is 4. The van der Waals surface area contributed by atoms with Crippen LogP contribution < -0.4 is 15.6 Å². The zero-order chi connectivity index (χ0) is 22.8. The fourth-order valence-electron chi connectivity index (χ4n) is 3.33. The predicted molar refractivity (Wildman–Crippen MR) is 125 cm³/mol. The summed E-state index contributed by atoms with van der Waals surface area (Å²) >= 11 is 7.59. The monoisotopic (exact) mass is 469 g/mol. The van der Waals surface area contributed by atoms with Crippen molar-refractivity contribution in [2.75, 3.05) is 12.4 Å². The molecule has 1 aromatic carbocycles. The number of benzene rings is 1. The molecule has 0 radical (unpaired) electrons. The van der Waals surface area contributed by atoms with E-state index in [2.05, 4.69) is 20.4 Å². The Hall–Kier alpha value is -3.43. The van der Waals surface area contributed by atoms with Crippen LogP contribution in [0.3, 0.4) is 0 Å². The van der Waals surface area contributed by atoms with E-state index >= 15 is 0 Å².